The number of carbonyl (C=O) groups excluding carboxylic acids is 1. The Kier molecular flexibility index (Phi) is 7.03. The smallest absolute Gasteiger partial charge is 0.162 e. The minimum atomic E-state index is 0. The molecular weight excluding hydrogens is 267 g/mol. The van der Waals surface area contributed by atoms with Crippen LogP contribution in [0.3, 0.4) is 0 Å². The van der Waals surface area contributed by atoms with Crippen LogP contribution in [0, 0.1) is 11.8 Å². The van der Waals surface area contributed by atoms with Gasteiger partial charge in [-0.2, -0.15) is 0 Å². The van der Waals surface area contributed by atoms with Crippen LogP contribution in [0.5, 0.6) is 0 Å². The molecule has 1 N–H and O–H groups in total. The molecule has 2 aliphatic carbocycles. The van der Waals surface area contributed by atoms with Crippen LogP contribution in [0.25, 0.3) is 0 Å². The largest absolute Gasteiger partial charge is 0.512 e. The Bertz CT molecular complexity index is 287. The number of carbonyl (C=O) groups is 1. The van der Waals surface area contributed by atoms with Crippen LogP contribution in [0.4, 0.5) is 0 Å². The minimum absolute atomic E-state index is 0. The van der Waals surface area contributed by atoms with E-state index in [1.807, 2.05) is 0 Å². The van der Waals surface area contributed by atoms with Crippen LogP contribution in [-0.2, 0) is 21.9 Å². The number of hydrogen-bond donors (Lipinski definition) is 1. The van der Waals surface area contributed by atoms with Crippen LogP contribution in [0.2, 0.25) is 0 Å². The van der Waals surface area contributed by atoms with Crippen molar-refractivity contribution in [2.45, 2.75) is 64.2 Å². The Morgan fingerprint density at radius 3 is 1.78 bits per heavy atom. The molecule has 3 heteroatoms. The molecule has 2 saturated carbocycles. The first-order chi connectivity index (χ1) is 8.27. The Hall–Kier alpha value is -0.271. The van der Waals surface area contributed by atoms with Crippen LogP contribution >= 0.6 is 0 Å². The van der Waals surface area contributed by atoms with Crippen molar-refractivity contribution in [3.63, 3.8) is 0 Å². The first-order valence-corrected chi connectivity index (χ1v) is 7.22. The number of aliphatic hydroxyl groups excluding tert-OH is 1. The van der Waals surface area contributed by atoms with Gasteiger partial charge in [-0.25, -0.2) is 0 Å². The topological polar surface area (TPSA) is 37.3 Å². The Balaban J connectivity index is 0.00000162. The number of allylic oxidation sites excluding steroid dienone is 2. The van der Waals surface area contributed by atoms with E-state index in [1.54, 1.807) is 6.08 Å². The second kappa shape index (κ2) is 8.01. The van der Waals surface area contributed by atoms with Crippen molar-refractivity contribution >= 4 is 5.78 Å². The molecule has 0 amide bonds. The zero-order chi connectivity index (χ0) is 12.1. The molecule has 2 rings (SSSR count). The van der Waals surface area contributed by atoms with Crippen LogP contribution < -0.4 is 0 Å². The molecule has 2 aliphatic rings. The molecule has 2 fully saturated rings. The van der Waals surface area contributed by atoms with Gasteiger partial charge in [-0.15, -0.1) is 0 Å². The maximum Gasteiger partial charge on any atom is 0.162 e. The van der Waals surface area contributed by atoms with Crippen LogP contribution in [0.15, 0.2) is 11.8 Å². The van der Waals surface area contributed by atoms with Gasteiger partial charge in [-0.1, -0.05) is 38.5 Å². The Labute approximate surface area is 121 Å². The summed E-state index contributed by atoms with van der Waals surface area (Å²) in [5.41, 5.74) is 0. The van der Waals surface area contributed by atoms with Gasteiger partial charge in [-0.05, 0) is 25.7 Å². The van der Waals surface area contributed by atoms with Gasteiger partial charge in [0.05, 0.1) is 5.76 Å². The molecule has 18 heavy (non-hydrogen) atoms. The molecule has 0 unspecified atom stereocenters. The van der Waals surface area contributed by atoms with Crippen molar-refractivity contribution in [3.05, 3.63) is 11.8 Å². The predicted octanol–water partition coefficient (Wildman–Crippen LogP) is 4.16. The maximum atomic E-state index is 12.0. The van der Waals surface area contributed by atoms with Gasteiger partial charge in [-0.3, -0.25) is 4.79 Å². The summed E-state index contributed by atoms with van der Waals surface area (Å²) in [5, 5.41) is 10.0. The van der Waals surface area contributed by atoms with Crippen molar-refractivity contribution < 1.29 is 27.0 Å². The number of ketones is 1. The second-order valence-corrected chi connectivity index (χ2v) is 5.64. The van der Waals surface area contributed by atoms with Crippen molar-refractivity contribution in [3.8, 4) is 0 Å². The summed E-state index contributed by atoms with van der Waals surface area (Å²) in [6, 6.07) is 0. The summed E-state index contributed by atoms with van der Waals surface area (Å²) < 4.78 is 0. The number of aliphatic hydroxyl groups is 1. The summed E-state index contributed by atoms with van der Waals surface area (Å²) in [6.07, 6.45) is 13.0. The molecule has 0 spiro atoms. The normalized spacial score (nSPS) is 23.4. The molecule has 0 bridgehead atoms. The van der Waals surface area contributed by atoms with Crippen molar-refractivity contribution in [1.82, 2.24) is 0 Å². The predicted molar refractivity (Wildman–Crippen MR) is 68.9 cm³/mol. The zero-order valence-electron chi connectivity index (χ0n) is 11.0. The standard InChI is InChI=1S/C15H24O2.Mn/c16-14(12-7-3-1-4-8-12)11-15(17)13-9-5-2-6-10-13;/h11-13,16H,1-10H2;/b14-11-;. The van der Waals surface area contributed by atoms with Crippen molar-refractivity contribution in [2.75, 3.05) is 0 Å². The summed E-state index contributed by atoms with van der Waals surface area (Å²) >= 11 is 0. The molecule has 0 aliphatic heterocycles. The number of rotatable bonds is 3. The van der Waals surface area contributed by atoms with Crippen molar-refractivity contribution in [2.24, 2.45) is 11.8 Å². The van der Waals surface area contributed by atoms with E-state index in [0.717, 1.165) is 25.7 Å². The third kappa shape index (κ3) is 4.44. The minimum Gasteiger partial charge on any atom is -0.512 e. The quantitative estimate of drug-likeness (QED) is 0.481. The van der Waals surface area contributed by atoms with E-state index in [9.17, 15) is 9.90 Å². The average molecular weight is 291 g/mol. The van der Waals surface area contributed by atoms with Crippen LogP contribution in [0.1, 0.15) is 64.2 Å². The summed E-state index contributed by atoms with van der Waals surface area (Å²) in [6.45, 7) is 0. The molecule has 2 nitrogen and oxygen atoms in total. The van der Waals surface area contributed by atoms with E-state index in [1.165, 1.54) is 38.5 Å². The molecular formula is C15H24MnO2. The van der Waals surface area contributed by atoms with E-state index >= 15 is 0 Å². The fourth-order valence-corrected chi connectivity index (χ4v) is 3.17. The second-order valence-electron chi connectivity index (χ2n) is 5.64. The average Bonchev–Trinajstić information content (AvgIpc) is 2.40. The molecule has 0 aromatic carbocycles. The first-order valence-electron chi connectivity index (χ1n) is 7.22. The fraction of sp³-hybridized carbons (Fsp3) is 0.800. The Morgan fingerprint density at radius 2 is 1.28 bits per heavy atom. The van der Waals surface area contributed by atoms with E-state index in [2.05, 4.69) is 0 Å². The summed E-state index contributed by atoms with van der Waals surface area (Å²) in [5.74, 6) is 0.985. The fourth-order valence-electron chi connectivity index (χ4n) is 3.17. The molecule has 103 valence electrons. The van der Waals surface area contributed by atoms with Crippen molar-refractivity contribution in [1.29, 1.82) is 0 Å². The molecule has 0 atom stereocenters. The van der Waals surface area contributed by atoms with Gasteiger partial charge in [0.1, 0.15) is 0 Å². The van der Waals surface area contributed by atoms with E-state index in [0.29, 0.717) is 5.76 Å². The van der Waals surface area contributed by atoms with Gasteiger partial charge < -0.3 is 5.11 Å². The van der Waals surface area contributed by atoms with E-state index in [-0.39, 0.29) is 34.7 Å². The summed E-state index contributed by atoms with van der Waals surface area (Å²) in [7, 11) is 0. The summed E-state index contributed by atoms with van der Waals surface area (Å²) in [4.78, 5) is 12.0. The Morgan fingerprint density at radius 1 is 0.833 bits per heavy atom. The maximum absolute atomic E-state index is 12.0. The van der Waals surface area contributed by atoms with Gasteiger partial charge in [0, 0.05) is 35.0 Å². The number of hydrogen-bond acceptors (Lipinski definition) is 2. The third-order valence-electron chi connectivity index (χ3n) is 4.32. The molecule has 0 saturated heterocycles. The van der Waals surface area contributed by atoms with Gasteiger partial charge in [0.2, 0.25) is 0 Å². The van der Waals surface area contributed by atoms with Gasteiger partial charge >= 0.3 is 0 Å². The molecule has 0 aromatic rings. The first kappa shape index (κ1) is 15.8. The third-order valence-corrected chi connectivity index (χ3v) is 4.32. The zero-order valence-corrected chi connectivity index (χ0v) is 12.2. The molecule has 0 aromatic heterocycles. The van der Waals surface area contributed by atoms with Gasteiger partial charge in [0.25, 0.3) is 0 Å². The van der Waals surface area contributed by atoms with E-state index < -0.39 is 0 Å². The molecule has 1 radical (unpaired) electrons. The SMILES string of the molecule is O=C(/C=C(\O)C1CCCCC1)C1CCCCC1.[Mn]. The molecule has 0 heterocycles. The van der Waals surface area contributed by atoms with Gasteiger partial charge in [0.15, 0.2) is 5.78 Å². The van der Waals surface area contributed by atoms with Crippen LogP contribution in [-0.4, -0.2) is 10.9 Å². The van der Waals surface area contributed by atoms with E-state index in [4.69, 9.17) is 0 Å². The monoisotopic (exact) mass is 291 g/mol.